The Kier molecular flexibility index (Phi) is 4.94. The van der Waals surface area contributed by atoms with Crippen molar-refractivity contribution in [3.05, 3.63) is 64.7 Å². The minimum absolute atomic E-state index is 0.180. The van der Waals surface area contributed by atoms with Gasteiger partial charge in [0, 0.05) is 12.6 Å². The SMILES string of the molecule is CC(=O)Nc1cccc(C(=O)OCc2cc(C)ccc2C)c1. The lowest BCUT2D eigenvalue weighted by Crippen LogP contribution is -2.09. The summed E-state index contributed by atoms with van der Waals surface area (Å²) in [7, 11) is 0. The fraction of sp³-hybridized carbons (Fsp3) is 0.222. The monoisotopic (exact) mass is 297 g/mol. The molecule has 0 unspecified atom stereocenters. The maximum absolute atomic E-state index is 12.1. The zero-order valence-corrected chi connectivity index (χ0v) is 13.0. The van der Waals surface area contributed by atoms with Crippen LogP contribution in [0.5, 0.6) is 0 Å². The van der Waals surface area contributed by atoms with Gasteiger partial charge in [0.15, 0.2) is 0 Å². The van der Waals surface area contributed by atoms with E-state index in [2.05, 4.69) is 5.32 Å². The van der Waals surface area contributed by atoms with Crippen molar-refractivity contribution in [1.82, 2.24) is 0 Å². The molecule has 1 N–H and O–H groups in total. The summed E-state index contributed by atoms with van der Waals surface area (Å²) < 4.78 is 5.36. The summed E-state index contributed by atoms with van der Waals surface area (Å²) in [5.74, 6) is -0.589. The highest BCUT2D eigenvalue weighted by atomic mass is 16.5. The molecular weight excluding hydrogens is 278 g/mol. The summed E-state index contributed by atoms with van der Waals surface area (Å²) in [5, 5.41) is 2.64. The number of esters is 1. The first-order valence-corrected chi connectivity index (χ1v) is 7.06. The van der Waals surface area contributed by atoms with Gasteiger partial charge in [0.2, 0.25) is 5.91 Å². The van der Waals surface area contributed by atoms with E-state index in [-0.39, 0.29) is 12.5 Å². The van der Waals surface area contributed by atoms with Crippen LogP contribution in [0.15, 0.2) is 42.5 Å². The molecular formula is C18H19NO3. The lowest BCUT2D eigenvalue weighted by Gasteiger charge is -2.09. The molecule has 0 aromatic heterocycles. The first-order valence-electron chi connectivity index (χ1n) is 7.06. The summed E-state index contributed by atoms with van der Waals surface area (Å²) in [6, 6.07) is 12.7. The Labute approximate surface area is 130 Å². The van der Waals surface area contributed by atoms with Crippen molar-refractivity contribution < 1.29 is 14.3 Å². The van der Waals surface area contributed by atoms with E-state index in [1.54, 1.807) is 24.3 Å². The number of benzene rings is 2. The van der Waals surface area contributed by atoms with Gasteiger partial charge in [-0.1, -0.05) is 29.8 Å². The molecule has 0 radical (unpaired) electrons. The second-order valence-corrected chi connectivity index (χ2v) is 5.27. The van der Waals surface area contributed by atoms with Crippen molar-refractivity contribution in [2.75, 3.05) is 5.32 Å². The second kappa shape index (κ2) is 6.89. The third-order valence-electron chi connectivity index (χ3n) is 3.28. The molecule has 0 bridgehead atoms. The minimum Gasteiger partial charge on any atom is -0.457 e. The molecule has 2 aromatic carbocycles. The number of rotatable bonds is 4. The second-order valence-electron chi connectivity index (χ2n) is 5.27. The van der Waals surface area contributed by atoms with Crippen molar-refractivity contribution >= 4 is 17.6 Å². The number of anilines is 1. The quantitative estimate of drug-likeness (QED) is 0.877. The third-order valence-corrected chi connectivity index (χ3v) is 3.28. The van der Waals surface area contributed by atoms with Crippen molar-refractivity contribution in [2.45, 2.75) is 27.4 Å². The summed E-state index contributed by atoms with van der Waals surface area (Å²) in [6.07, 6.45) is 0. The topological polar surface area (TPSA) is 55.4 Å². The van der Waals surface area contributed by atoms with E-state index < -0.39 is 5.97 Å². The molecule has 2 aromatic rings. The van der Waals surface area contributed by atoms with Gasteiger partial charge in [-0.2, -0.15) is 0 Å². The van der Waals surface area contributed by atoms with Crippen molar-refractivity contribution in [1.29, 1.82) is 0 Å². The van der Waals surface area contributed by atoms with Gasteiger partial charge in [0.25, 0.3) is 0 Å². The van der Waals surface area contributed by atoms with Gasteiger partial charge < -0.3 is 10.1 Å². The van der Waals surface area contributed by atoms with Crippen LogP contribution in [0.2, 0.25) is 0 Å². The van der Waals surface area contributed by atoms with Crippen LogP contribution in [0.1, 0.15) is 34.0 Å². The first-order chi connectivity index (χ1) is 10.5. The fourth-order valence-electron chi connectivity index (χ4n) is 2.11. The minimum atomic E-state index is -0.409. The number of aryl methyl sites for hydroxylation is 2. The van der Waals surface area contributed by atoms with Gasteiger partial charge in [-0.05, 0) is 43.2 Å². The predicted octanol–water partition coefficient (Wildman–Crippen LogP) is 3.62. The lowest BCUT2D eigenvalue weighted by molar-refractivity contribution is -0.114. The number of carbonyl (C=O) groups is 2. The van der Waals surface area contributed by atoms with Crippen LogP contribution in [-0.2, 0) is 16.1 Å². The Morgan fingerprint density at radius 3 is 2.59 bits per heavy atom. The summed E-state index contributed by atoms with van der Waals surface area (Å²) in [4.78, 5) is 23.2. The van der Waals surface area contributed by atoms with E-state index in [4.69, 9.17) is 4.74 Å². The largest absolute Gasteiger partial charge is 0.457 e. The Hall–Kier alpha value is -2.62. The first kappa shape index (κ1) is 15.8. The van der Waals surface area contributed by atoms with Crippen molar-refractivity contribution in [3.8, 4) is 0 Å². The Balaban J connectivity index is 2.06. The normalized spacial score (nSPS) is 10.1. The summed E-state index contributed by atoms with van der Waals surface area (Å²) in [6.45, 7) is 5.64. The van der Waals surface area contributed by atoms with E-state index in [1.165, 1.54) is 6.92 Å². The third kappa shape index (κ3) is 4.19. The molecule has 0 spiro atoms. The number of hydrogen-bond acceptors (Lipinski definition) is 3. The molecule has 0 aliphatic rings. The molecule has 22 heavy (non-hydrogen) atoms. The van der Waals surface area contributed by atoms with Gasteiger partial charge in [0.05, 0.1) is 5.56 Å². The van der Waals surface area contributed by atoms with Crippen LogP contribution in [0.25, 0.3) is 0 Å². The van der Waals surface area contributed by atoms with E-state index >= 15 is 0 Å². The number of nitrogens with one attached hydrogen (secondary N) is 1. The highest BCUT2D eigenvalue weighted by molar-refractivity contribution is 5.93. The molecule has 0 atom stereocenters. The molecule has 0 saturated heterocycles. The lowest BCUT2D eigenvalue weighted by atomic mass is 10.1. The van der Waals surface area contributed by atoms with Gasteiger partial charge in [-0.15, -0.1) is 0 Å². The predicted molar refractivity (Wildman–Crippen MR) is 85.8 cm³/mol. The van der Waals surface area contributed by atoms with Crippen LogP contribution < -0.4 is 5.32 Å². The number of ether oxygens (including phenoxy) is 1. The average molecular weight is 297 g/mol. The van der Waals surface area contributed by atoms with Crippen LogP contribution in [0.4, 0.5) is 5.69 Å². The molecule has 2 rings (SSSR count). The number of amides is 1. The summed E-state index contributed by atoms with van der Waals surface area (Å²) >= 11 is 0. The maximum atomic E-state index is 12.1. The highest BCUT2D eigenvalue weighted by Crippen LogP contribution is 2.15. The van der Waals surface area contributed by atoms with Gasteiger partial charge >= 0.3 is 5.97 Å². The Bertz CT molecular complexity index is 707. The number of hydrogen-bond donors (Lipinski definition) is 1. The van der Waals surface area contributed by atoms with E-state index in [1.807, 2.05) is 32.0 Å². The molecule has 1 amide bonds. The zero-order valence-electron chi connectivity index (χ0n) is 13.0. The van der Waals surface area contributed by atoms with Crippen molar-refractivity contribution in [3.63, 3.8) is 0 Å². The molecule has 0 fully saturated rings. The zero-order chi connectivity index (χ0) is 16.1. The van der Waals surface area contributed by atoms with Crippen LogP contribution in [-0.4, -0.2) is 11.9 Å². The molecule has 4 heteroatoms. The molecule has 0 aliphatic heterocycles. The van der Waals surface area contributed by atoms with Gasteiger partial charge in [-0.3, -0.25) is 4.79 Å². The van der Waals surface area contributed by atoms with E-state index in [0.29, 0.717) is 11.3 Å². The summed E-state index contributed by atoms with van der Waals surface area (Å²) in [5.41, 5.74) is 4.20. The standard InChI is InChI=1S/C18H19NO3/c1-12-7-8-13(2)16(9-12)11-22-18(21)15-5-4-6-17(10-15)19-14(3)20/h4-10H,11H2,1-3H3,(H,19,20). The van der Waals surface area contributed by atoms with Crippen molar-refractivity contribution in [2.24, 2.45) is 0 Å². The average Bonchev–Trinajstić information content (AvgIpc) is 2.47. The van der Waals surface area contributed by atoms with E-state index in [0.717, 1.165) is 16.7 Å². The maximum Gasteiger partial charge on any atom is 0.338 e. The van der Waals surface area contributed by atoms with Gasteiger partial charge in [0.1, 0.15) is 6.61 Å². The Morgan fingerprint density at radius 2 is 1.86 bits per heavy atom. The van der Waals surface area contributed by atoms with E-state index in [9.17, 15) is 9.59 Å². The number of carbonyl (C=O) groups excluding carboxylic acids is 2. The molecule has 0 aliphatic carbocycles. The molecule has 0 heterocycles. The van der Waals surface area contributed by atoms with Crippen LogP contribution >= 0.6 is 0 Å². The van der Waals surface area contributed by atoms with Crippen LogP contribution in [0.3, 0.4) is 0 Å². The Morgan fingerprint density at radius 1 is 1.09 bits per heavy atom. The smallest absolute Gasteiger partial charge is 0.338 e. The van der Waals surface area contributed by atoms with Crippen LogP contribution in [0, 0.1) is 13.8 Å². The highest BCUT2D eigenvalue weighted by Gasteiger charge is 2.09. The molecule has 4 nitrogen and oxygen atoms in total. The molecule has 114 valence electrons. The van der Waals surface area contributed by atoms with Gasteiger partial charge in [-0.25, -0.2) is 4.79 Å². The molecule has 0 saturated carbocycles. The fourth-order valence-corrected chi connectivity index (χ4v) is 2.11.